The van der Waals surface area contributed by atoms with Gasteiger partial charge in [-0.2, -0.15) is 0 Å². The Kier molecular flexibility index (Phi) is 9.80. The Hall–Kier alpha value is -2.21. The number of aliphatic hydroxyl groups is 3. The van der Waals surface area contributed by atoms with E-state index in [1.165, 1.54) is 0 Å². The summed E-state index contributed by atoms with van der Waals surface area (Å²) in [4.78, 5) is 11.6. The summed E-state index contributed by atoms with van der Waals surface area (Å²) in [7, 11) is 0. The summed E-state index contributed by atoms with van der Waals surface area (Å²) >= 11 is 0. The van der Waals surface area contributed by atoms with Gasteiger partial charge in [0, 0.05) is 5.92 Å². The summed E-state index contributed by atoms with van der Waals surface area (Å²) in [6.45, 7) is 4.05. The second-order valence-electron chi connectivity index (χ2n) is 9.69. The molecule has 10 atom stereocenters. The SMILES string of the molecule is CC1[C@@H](OCc2ccccc2)OC(CO)[C@@H](O[C@@H]2OC(C=O)[C@@H](O)[C@@H](OCc3ccccc3)C2O)[C@@H]1C. The number of rotatable bonds is 10. The van der Waals surface area contributed by atoms with Crippen LogP contribution in [-0.2, 0) is 41.7 Å². The predicted molar refractivity (Wildman–Crippen MR) is 132 cm³/mol. The average molecular weight is 517 g/mol. The van der Waals surface area contributed by atoms with E-state index < -0.39 is 49.2 Å². The first-order chi connectivity index (χ1) is 17.9. The third-order valence-corrected chi connectivity index (χ3v) is 7.18. The average Bonchev–Trinajstić information content (AvgIpc) is 2.93. The van der Waals surface area contributed by atoms with Crippen molar-refractivity contribution in [3.8, 4) is 0 Å². The van der Waals surface area contributed by atoms with Crippen molar-refractivity contribution in [2.24, 2.45) is 11.8 Å². The summed E-state index contributed by atoms with van der Waals surface area (Å²) in [6, 6.07) is 19.0. The fraction of sp³-hybridized carbons (Fsp3) is 0.536. The fourth-order valence-corrected chi connectivity index (χ4v) is 4.76. The van der Waals surface area contributed by atoms with E-state index in [0.717, 1.165) is 11.1 Å². The van der Waals surface area contributed by atoms with Gasteiger partial charge in [-0.1, -0.05) is 74.5 Å². The number of hydrogen-bond acceptors (Lipinski definition) is 9. The number of aliphatic hydroxyl groups excluding tert-OH is 3. The molecular weight excluding hydrogens is 480 g/mol. The molecule has 37 heavy (non-hydrogen) atoms. The molecule has 0 radical (unpaired) electrons. The van der Waals surface area contributed by atoms with Gasteiger partial charge in [-0.05, 0) is 17.0 Å². The molecule has 2 aliphatic heterocycles. The molecule has 3 N–H and O–H groups in total. The monoisotopic (exact) mass is 516 g/mol. The minimum absolute atomic E-state index is 0.116. The van der Waals surface area contributed by atoms with E-state index in [-0.39, 0.29) is 25.0 Å². The van der Waals surface area contributed by atoms with Crippen molar-refractivity contribution in [2.75, 3.05) is 6.61 Å². The van der Waals surface area contributed by atoms with Crippen molar-refractivity contribution in [3.05, 3.63) is 71.8 Å². The van der Waals surface area contributed by atoms with Gasteiger partial charge in [0.05, 0.1) is 25.9 Å². The van der Waals surface area contributed by atoms with E-state index in [1.807, 2.05) is 74.5 Å². The Bertz CT molecular complexity index is 957. The molecule has 9 nitrogen and oxygen atoms in total. The molecule has 0 spiro atoms. The normalized spacial score (nSPS) is 36.2. The van der Waals surface area contributed by atoms with E-state index in [0.29, 0.717) is 12.9 Å². The lowest BCUT2D eigenvalue weighted by molar-refractivity contribution is -0.344. The summed E-state index contributed by atoms with van der Waals surface area (Å²) < 4.78 is 29.6. The second-order valence-corrected chi connectivity index (χ2v) is 9.69. The van der Waals surface area contributed by atoms with Crippen LogP contribution in [0.25, 0.3) is 0 Å². The van der Waals surface area contributed by atoms with Gasteiger partial charge < -0.3 is 43.8 Å². The van der Waals surface area contributed by atoms with Crippen LogP contribution in [0, 0.1) is 11.8 Å². The minimum Gasteiger partial charge on any atom is -0.394 e. The Morgan fingerprint density at radius 2 is 1.38 bits per heavy atom. The van der Waals surface area contributed by atoms with Crippen molar-refractivity contribution in [2.45, 2.75) is 76.3 Å². The Balaban J connectivity index is 1.42. The maximum absolute atomic E-state index is 11.6. The molecule has 0 saturated carbocycles. The van der Waals surface area contributed by atoms with Crippen molar-refractivity contribution < 1.29 is 43.8 Å². The van der Waals surface area contributed by atoms with Gasteiger partial charge in [-0.15, -0.1) is 0 Å². The first kappa shape index (κ1) is 27.8. The number of hydrogen-bond donors (Lipinski definition) is 3. The van der Waals surface area contributed by atoms with Crippen molar-refractivity contribution >= 4 is 6.29 Å². The third kappa shape index (κ3) is 6.63. The maximum Gasteiger partial charge on any atom is 0.187 e. The number of carbonyl (C=O) groups is 1. The summed E-state index contributed by atoms with van der Waals surface area (Å²) in [5, 5.41) is 31.7. The zero-order valence-electron chi connectivity index (χ0n) is 21.0. The zero-order valence-corrected chi connectivity index (χ0v) is 21.0. The van der Waals surface area contributed by atoms with Crippen molar-refractivity contribution in [3.63, 3.8) is 0 Å². The van der Waals surface area contributed by atoms with E-state index in [9.17, 15) is 20.1 Å². The molecule has 2 heterocycles. The van der Waals surface area contributed by atoms with Gasteiger partial charge in [-0.3, -0.25) is 0 Å². The maximum atomic E-state index is 11.6. The van der Waals surface area contributed by atoms with Gasteiger partial charge in [-0.25, -0.2) is 0 Å². The molecule has 2 fully saturated rings. The molecule has 4 rings (SSSR count). The van der Waals surface area contributed by atoms with Crippen LogP contribution >= 0.6 is 0 Å². The van der Waals surface area contributed by atoms with Crippen LogP contribution in [-0.4, -0.2) is 77.4 Å². The first-order valence-electron chi connectivity index (χ1n) is 12.6. The van der Waals surface area contributed by atoms with Crippen LogP contribution in [0.1, 0.15) is 25.0 Å². The van der Waals surface area contributed by atoms with E-state index in [2.05, 4.69) is 0 Å². The largest absolute Gasteiger partial charge is 0.394 e. The lowest BCUT2D eigenvalue weighted by atomic mass is 9.84. The molecule has 0 bridgehead atoms. The lowest BCUT2D eigenvalue weighted by Gasteiger charge is -2.47. The minimum atomic E-state index is -1.39. The van der Waals surface area contributed by atoms with Crippen molar-refractivity contribution in [1.29, 1.82) is 0 Å². The quantitative estimate of drug-likeness (QED) is 0.406. The molecule has 202 valence electrons. The third-order valence-electron chi connectivity index (χ3n) is 7.18. The lowest BCUT2D eigenvalue weighted by Crippen LogP contribution is -2.62. The fourth-order valence-electron chi connectivity index (χ4n) is 4.76. The Labute approximate surface area is 216 Å². The number of aldehydes is 1. The Morgan fingerprint density at radius 1 is 0.784 bits per heavy atom. The van der Waals surface area contributed by atoms with Crippen molar-refractivity contribution in [1.82, 2.24) is 0 Å². The molecule has 0 amide bonds. The van der Waals surface area contributed by atoms with Gasteiger partial charge in [0.15, 0.2) is 18.9 Å². The van der Waals surface area contributed by atoms with Crippen LogP contribution in [0.2, 0.25) is 0 Å². The highest BCUT2D eigenvalue weighted by Crippen LogP contribution is 2.36. The highest BCUT2D eigenvalue weighted by atomic mass is 16.7. The standard InChI is InChI=1S/C28H36O9/c1-17-18(2)27(34-16-20-11-7-4-8-12-20)36-22(14-30)25(17)37-28-24(32)26(23(31)21(13-29)35-28)33-15-19-9-5-3-6-10-19/h3-13,17-18,21-28,30-32H,14-16H2,1-2H3/t17-,18?,21?,22?,23-,24?,25+,26-,27+,28+/m1/s1. The van der Waals surface area contributed by atoms with Gasteiger partial charge in [0.1, 0.15) is 30.5 Å². The molecule has 9 heteroatoms. The van der Waals surface area contributed by atoms with Crippen LogP contribution < -0.4 is 0 Å². The van der Waals surface area contributed by atoms with Gasteiger partial charge in [0.2, 0.25) is 0 Å². The van der Waals surface area contributed by atoms with E-state index in [4.69, 9.17) is 23.7 Å². The summed E-state index contributed by atoms with van der Waals surface area (Å²) in [5.74, 6) is -0.275. The molecule has 0 aromatic heterocycles. The molecule has 2 saturated heterocycles. The molecular formula is C28H36O9. The van der Waals surface area contributed by atoms with E-state index in [1.54, 1.807) is 0 Å². The predicted octanol–water partition coefficient (Wildman–Crippen LogP) is 1.81. The molecule has 2 aromatic rings. The highest BCUT2D eigenvalue weighted by molar-refractivity contribution is 5.57. The first-order valence-corrected chi connectivity index (χ1v) is 12.6. The molecule has 2 aliphatic rings. The van der Waals surface area contributed by atoms with E-state index >= 15 is 0 Å². The van der Waals surface area contributed by atoms with Crippen LogP contribution in [0.3, 0.4) is 0 Å². The molecule has 4 unspecified atom stereocenters. The molecule has 0 aliphatic carbocycles. The smallest absolute Gasteiger partial charge is 0.187 e. The zero-order chi connectivity index (χ0) is 26.4. The Morgan fingerprint density at radius 3 is 1.95 bits per heavy atom. The van der Waals surface area contributed by atoms with Crippen LogP contribution in [0.5, 0.6) is 0 Å². The number of ether oxygens (including phenoxy) is 5. The summed E-state index contributed by atoms with van der Waals surface area (Å²) in [6.07, 6.45) is -7.95. The van der Waals surface area contributed by atoms with Crippen LogP contribution in [0.4, 0.5) is 0 Å². The van der Waals surface area contributed by atoms with Crippen LogP contribution in [0.15, 0.2) is 60.7 Å². The number of benzene rings is 2. The topological polar surface area (TPSA) is 124 Å². The molecule has 2 aromatic carbocycles. The van der Waals surface area contributed by atoms with Gasteiger partial charge in [0.25, 0.3) is 0 Å². The second kappa shape index (κ2) is 13.0. The summed E-state index contributed by atoms with van der Waals surface area (Å²) in [5.41, 5.74) is 1.85. The van der Waals surface area contributed by atoms with Gasteiger partial charge >= 0.3 is 0 Å². The highest BCUT2D eigenvalue weighted by Gasteiger charge is 2.50. The number of carbonyl (C=O) groups excluding carboxylic acids is 1.